The number of para-hydroxylation sites is 2. The van der Waals surface area contributed by atoms with Crippen molar-refractivity contribution in [2.45, 2.75) is 6.92 Å². The molecule has 3 aromatic rings. The first-order chi connectivity index (χ1) is 9.61. The van der Waals surface area contributed by atoms with Crippen molar-refractivity contribution in [3.63, 3.8) is 0 Å². The lowest BCUT2D eigenvalue weighted by Gasteiger charge is -2.09. The van der Waals surface area contributed by atoms with E-state index < -0.39 is 0 Å². The third-order valence-electron chi connectivity index (χ3n) is 3.64. The van der Waals surface area contributed by atoms with Crippen molar-refractivity contribution in [3.05, 3.63) is 45.7 Å². The second-order valence-electron chi connectivity index (χ2n) is 4.66. The van der Waals surface area contributed by atoms with Crippen LogP contribution in [-0.2, 0) is 7.05 Å². The Morgan fingerprint density at radius 2 is 1.90 bits per heavy atom. The Bertz CT molecular complexity index is 942. The predicted molar refractivity (Wildman–Crippen MR) is 76.1 cm³/mol. The fourth-order valence-corrected chi connectivity index (χ4v) is 2.71. The van der Waals surface area contributed by atoms with Gasteiger partial charge in [0, 0.05) is 7.05 Å². The Morgan fingerprint density at radius 1 is 1.25 bits per heavy atom. The Morgan fingerprint density at radius 3 is 2.50 bits per heavy atom. The number of aryl methyl sites for hydroxylation is 1. The summed E-state index contributed by atoms with van der Waals surface area (Å²) < 4.78 is 8.68. The van der Waals surface area contributed by atoms with E-state index in [0.717, 1.165) is 11.0 Å². The number of pyridine rings is 1. The summed E-state index contributed by atoms with van der Waals surface area (Å²) in [6.45, 7) is 1.68. The lowest BCUT2D eigenvalue weighted by molar-refractivity contribution is 0.409. The van der Waals surface area contributed by atoms with E-state index in [1.807, 2.05) is 35.9 Å². The summed E-state index contributed by atoms with van der Waals surface area (Å²) in [5, 5.41) is 9.45. The van der Waals surface area contributed by atoms with Gasteiger partial charge in [-0.25, -0.2) is 0 Å². The zero-order valence-corrected chi connectivity index (χ0v) is 11.5. The number of hydrogen-bond donors (Lipinski definition) is 0. The molecule has 0 amide bonds. The van der Waals surface area contributed by atoms with Gasteiger partial charge in [0.25, 0.3) is 5.56 Å². The number of benzene rings is 1. The van der Waals surface area contributed by atoms with Crippen LogP contribution in [0.15, 0.2) is 29.1 Å². The second-order valence-corrected chi connectivity index (χ2v) is 4.66. The van der Waals surface area contributed by atoms with E-state index in [9.17, 15) is 10.1 Å². The fourth-order valence-electron chi connectivity index (χ4n) is 2.71. The molecule has 5 nitrogen and oxygen atoms in total. The molecule has 3 rings (SSSR count). The van der Waals surface area contributed by atoms with Crippen LogP contribution < -0.4 is 10.3 Å². The largest absolute Gasteiger partial charge is 0.495 e. The molecule has 0 radical (unpaired) electrons. The van der Waals surface area contributed by atoms with E-state index >= 15 is 0 Å². The lowest BCUT2D eigenvalue weighted by atomic mass is 10.2. The second kappa shape index (κ2) is 4.14. The van der Waals surface area contributed by atoms with Crippen LogP contribution in [0.2, 0.25) is 0 Å². The topological polar surface area (TPSA) is 59.4 Å². The van der Waals surface area contributed by atoms with Gasteiger partial charge in [0.2, 0.25) is 0 Å². The molecule has 0 aliphatic carbocycles. The Balaban J connectivity index is 2.76. The van der Waals surface area contributed by atoms with Crippen molar-refractivity contribution >= 4 is 16.7 Å². The predicted octanol–water partition coefficient (Wildman–Crippen LogP) is 1.98. The maximum Gasteiger partial charge on any atom is 0.263 e. The van der Waals surface area contributed by atoms with E-state index in [0.29, 0.717) is 22.5 Å². The fraction of sp³-hybridized carbons (Fsp3) is 0.200. The third-order valence-corrected chi connectivity index (χ3v) is 3.64. The van der Waals surface area contributed by atoms with Gasteiger partial charge in [0.15, 0.2) is 0 Å². The van der Waals surface area contributed by atoms with Gasteiger partial charge in [-0.1, -0.05) is 12.1 Å². The summed E-state index contributed by atoms with van der Waals surface area (Å²) in [5.74, 6) is 0.350. The number of hydrogen-bond acceptors (Lipinski definition) is 3. The zero-order chi connectivity index (χ0) is 14.4. The molecule has 2 heterocycles. The molecule has 20 heavy (non-hydrogen) atoms. The first-order valence-electron chi connectivity index (χ1n) is 6.18. The van der Waals surface area contributed by atoms with Crippen LogP contribution in [0.3, 0.4) is 0 Å². The average molecular weight is 267 g/mol. The number of methoxy groups -OCH3 is 1. The Hall–Kier alpha value is -2.74. The normalized spacial score (nSPS) is 10.9. The van der Waals surface area contributed by atoms with E-state index in [1.54, 1.807) is 11.3 Å². The molecule has 1 aromatic carbocycles. The van der Waals surface area contributed by atoms with Gasteiger partial charge in [0.1, 0.15) is 23.0 Å². The molecule has 0 atom stereocenters. The molecule has 5 heteroatoms. The monoisotopic (exact) mass is 267 g/mol. The number of nitriles is 1. The highest BCUT2D eigenvalue weighted by atomic mass is 16.5. The number of imidazole rings is 1. The lowest BCUT2D eigenvalue weighted by Crippen LogP contribution is -2.18. The van der Waals surface area contributed by atoms with Crippen molar-refractivity contribution in [3.8, 4) is 11.8 Å². The van der Waals surface area contributed by atoms with Crippen molar-refractivity contribution in [1.29, 1.82) is 5.26 Å². The summed E-state index contributed by atoms with van der Waals surface area (Å²) in [6.07, 6.45) is 0. The maximum atomic E-state index is 12.6. The number of ether oxygens (including phenoxy) is 1. The molecule has 0 unspecified atom stereocenters. The number of rotatable bonds is 1. The van der Waals surface area contributed by atoms with Gasteiger partial charge in [0.05, 0.1) is 23.7 Å². The van der Waals surface area contributed by atoms with Gasteiger partial charge in [-0.3, -0.25) is 9.20 Å². The van der Waals surface area contributed by atoms with Crippen molar-refractivity contribution in [1.82, 2.24) is 8.97 Å². The highest BCUT2D eigenvalue weighted by molar-refractivity contribution is 5.84. The number of aromatic nitrogens is 2. The minimum atomic E-state index is -0.160. The van der Waals surface area contributed by atoms with Crippen molar-refractivity contribution in [2.75, 3.05) is 7.11 Å². The summed E-state index contributed by atoms with van der Waals surface area (Å²) >= 11 is 0. The van der Waals surface area contributed by atoms with Crippen LogP contribution in [0.1, 0.15) is 11.1 Å². The molecule has 0 fully saturated rings. The van der Waals surface area contributed by atoms with Crippen LogP contribution in [0.4, 0.5) is 0 Å². The molecule has 0 N–H and O–H groups in total. The maximum absolute atomic E-state index is 12.6. The summed E-state index contributed by atoms with van der Waals surface area (Å²) in [6, 6.07) is 9.73. The first-order valence-corrected chi connectivity index (χ1v) is 6.18. The molecule has 0 aliphatic heterocycles. The molecule has 0 saturated heterocycles. The summed E-state index contributed by atoms with van der Waals surface area (Å²) in [7, 11) is 3.31. The molecule has 0 bridgehead atoms. The highest BCUT2D eigenvalue weighted by Crippen LogP contribution is 2.28. The van der Waals surface area contributed by atoms with E-state index in [2.05, 4.69) is 6.07 Å². The summed E-state index contributed by atoms with van der Waals surface area (Å²) in [4.78, 5) is 12.6. The zero-order valence-electron chi connectivity index (χ0n) is 11.5. The highest BCUT2D eigenvalue weighted by Gasteiger charge is 2.20. The van der Waals surface area contributed by atoms with E-state index in [-0.39, 0.29) is 5.56 Å². The van der Waals surface area contributed by atoms with Gasteiger partial charge in [-0.2, -0.15) is 5.26 Å². The molecule has 0 spiro atoms. The van der Waals surface area contributed by atoms with Crippen LogP contribution in [0.25, 0.3) is 16.7 Å². The van der Waals surface area contributed by atoms with Crippen molar-refractivity contribution in [2.24, 2.45) is 7.05 Å². The molecule has 100 valence electrons. The quantitative estimate of drug-likeness (QED) is 0.677. The Kier molecular flexibility index (Phi) is 2.54. The molecule has 0 saturated carbocycles. The first kappa shape index (κ1) is 12.3. The van der Waals surface area contributed by atoms with Crippen LogP contribution >= 0.6 is 0 Å². The minimum Gasteiger partial charge on any atom is -0.495 e. The standard InChI is InChI=1S/C15H13N3O2/c1-9-13(20-3)10(8-16)14-17(2)11-6-4-5-7-12(11)18(14)15(9)19/h4-7H,1-3H3. The van der Waals surface area contributed by atoms with E-state index in [4.69, 9.17) is 4.74 Å². The smallest absolute Gasteiger partial charge is 0.263 e. The Labute approximate surface area is 115 Å². The average Bonchev–Trinajstić information content (AvgIpc) is 2.76. The van der Waals surface area contributed by atoms with Crippen LogP contribution in [0.5, 0.6) is 5.75 Å². The summed E-state index contributed by atoms with van der Waals surface area (Å²) in [5.41, 5.74) is 2.90. The van der Waals surface area contributed by atoms with E-state index in [1.165, 1.54) is 7.11 Å². The van der Waals surface area contributed by atoms with Crippen molar-refractivity contribution < 1.29 is 4.74 Å². The van der Waals surface area contributed by atoms with Crippen LogP contribution in [0, 0.1) is 18.3 Å². The van der Waals surface area contributed by atoms with Gasteiger partial charge in [-0.15, -0.1) is 0 Å². The van der Waals surface area contributed by atoms with Crippen LogP contribution in [-0.4, -0.2) is 16.1 Å². The van der Waals surface area contributed by atoms with Gasteiger partial charge < -0.3 is 9.30 Å². The minimum absolute atomic E-state index is 0.160. The molecule has 2 aromatic heterocycles. The van der Waals surface area contributed by atoms with Gasteiger partial charge in [-0.05, 0) is 19.1 Å². The number of fused-ring (bicyclic) bond motifs is 3. The SMILES string of the molecule is COc1c(C)c(=O)n2c3ccccc3n(C)c2c1C#N. The number of nitrogens with zero attached hydrogens (tertiary/aromatic N) is 3. The molecular weight excluding hydrogens is 254 g/mol. The molecule has 0 aliphatic rings. The van der Waals surface area contributed by atoms with Gasteiger partial charge >= 0.3 is 0 Å². The molecular formula is C15H13N3O2. The third kappa shape index (κ3) is 1.33.